The Bertz CT molecular complexity index is 503. The molecular weight excluding hydrogens is 260 g/mol. The van der Waals surface area contributed by atoms with Crippen LogP contribution in [0, 0.1) is 5.41 Å². The van der Waals surface area contributed by atoms with E-state index in [0.717, 1.165) is 25.7 Å². The number of rotatable bonds is 3. The van der Waals surface area contributed by atoms with Gasteiger partial charge in [-0.15, -0.1) is 0 Å². The van der Waals surface area contributed by atoms with Crippen LogP contribution in [0.4, 0.5) is 5.82 Å². The molecule has 0 radical (unpaired) electrons. The van der Waals surface area contributed by atoms with E-state index in [2.05, 4.69) is 10.4 Å². The fraction of sp³-hybridized carbons (Fsp3) is 0.615. The van der Waals surface area contributed by atoms with Crippen molar-refractivity contribution in [3.05, 3.63) is 11.8 Å². The third-order valence-corrected chi connectivity index (χ3v) is 4.16. The monoisotopic (exact) mass is 280 g/mol. The summed E-state index contributed by atoms with van der Waals surface area (Å²) in [5.41, 5.74) is 5.96. The van der Waals surface area contributed by atoms with Gasteiger partial charge >= 0.3 is 0 Å². The van der Waals surface area contributed by atoms with Gasteiger partial charge in [0.05, 0.1) is 11.8 Å². The molecule has 6 heteroatoms. The highest BCUT2D eigenvalue weighted by Crippen LogP contribution is 2.36. The molecule has 0 unspecified atom stereocenters. The summed E-state index contributed by atoms with van der Waals surface area (Å²) in [7, 11) is 1.76. The van der Waals surface area contributed by atoms with Gasteiger partial charge in [-0.2, -0.15) is 5.10 Å². The molecule has 0 aromatic carbocycles. The SMILES string of the molecule is Cn1ncc(C(N)=S)c1NC(=O)C1(C)CCCCC1. The van der Waals surface area contributed by atoms with E-state index >= 15 is 0 Å². The van der Waals surface area contributed by atoms with Gasteiger partial charge in [0, 0.05) is 12.5 Å². The average molecular weight is 280 g/mol. The lowest BCUT2D eigenvalue weighted by Crippen LogP contribution is -2.36. The number of nitrogens with zero attached hydrogens (tertiary/aromatic N) is 2. The molecule has 0 saturated heterocycles. The molecule has 1 saturated carbocycles. The molecule has 0 aliphatic heterocycles. The minimum atomic E-state index is -0.296. The molecule has 1 heterocycles. The van der Waals surface area contributed by atoms with Crippen molar-refractivity contribution in [2.24, 2.45) is 18.2 Å². The van der Waals surface area contributed by atoms with Crippen molar-refractivity contribution in [3.8, 4) is 0 Å². The molecule has 0 bridgehead atoms. The molecule has 1 aliphatic rings. The van der Waals surface area contributed by atoms with Crippen molar-refractivity contribution >= 4 is 28.9 Å². The maximum absolute atomic E-state index is 12.5. The molecule has 2 rings (SSSR count). The summed E-state index contributed by atoms with van der Waals surface area (Å²) in [6.07, 6.45) is 6.88. The highest BCUT2D eigenvalue weighted by molar-refractivity contribution is 7.80. The summed E-state index contributed by atoms with van der Waals surface area (Å²) in [4.78, 5) is 12.7. The standard InChI is InChI=1S/C13H20N4OS/c1-13(6-4-3-5-7-13)12(18)16-11-9(10(14)19)8-15-17(11)2/h8H,3-7H2,1-2H3,(H2,14,19)(H,16,18). The normalized spacial score (nSPS) is 18.0. The van der Waals surface area contributed by atoms with E-state index in [1.54, 1.807) is 17.9 Å². The topological polar surface area (TPSA) is 72.9 Å². The van der Waals surface area contributed by atoms with E-state index in [1.165, 1.54) is 6.42 Å². The summed E-state index contributed by atoms with van der Waals surface area (Å²) in [6, 6.07) is 0. The van der Waals surface area contributed by atoms with Crippen LogP contribution in [0.15, 0.2) is 6.20 Å². The maximum Gasteiger partial charge on any atom is 0.231 e. The molecule has 0 atom stereocenters. The van der Waals surface area contributed by atoms with Crippen molar-refractivity contribution in [2.45, 2.75) is 39.0 Å². The average Bonchev–Trinajstić information content (AvgIpc) is 2.72. The Morgan fingerprint density at radius 2 is 2.11 bits per heavy atom. The number of aryl methyl sites for hydroxylation is 1. The first kappa shape index (κ1) is 14.0. The summed E-state index contributed by atoms with van der Waals surface area (Å²) >= 11 is 4.97. The van der Waals surface area contributed by atoms with Crippen molar-refractivity contribution in [2.75, 3.05) is 5.32 Å². The molecular formula is C13H20N4OS. The number of anilines is 1. The Kier molecular flexibility index (Phi) is 3.89. The van der Waals surface area contributed by atoms with Gasteiger partial charge in [0.1, 0.15) is 10.8 Å². The predicted octanol–water partition coefficient (Wildman–Crippen LogP) is 1.96. The first-order valence-corrected chi connectivity index (χ1v) is 6.98. The quantitative estimate of drug-likeness (QED) is 0.830. The molecule has 1 aliphatic carbocycles. The molecule has 1 aromatic heterocycles. The van der Waals surface area contributed by atoms with Crippen LogP contribution in [0.2, 0.25) is 0 Å². The zero-order valence-electron chi connectivity index (χ0n) is 11.4. The van der Waals surface area contributed by atoms with Gasteiger partial charge in [-0.05, 0) is 12.8 Å². The van der Waals surface area contributed by atoms with Crippen LogP contribution < -0.4 is 11.1 Å². The fourth-order valence-corrected chi connectivity index (χ4v) is 2.73. The summed E-state index contributed by atoms with van der Waals surface area (Å²) in [5.74, 6) is 0.623. The zero-order valence-corrected chi connectivity index (χ0v) is 12.2. The molecule has 3 N–H and O–H groups in total. The molecule has 1 fully saturated rings. The third-order valence-electron chi connectivity index (χ3n) is 3.94. The van der Waals surface area contributed by atoms with Crippen LogP contribution in [-0.2, 0) is 11.8 Å². The molecule has 0 spiro atoms. The molecule has 5 nitrogen and oxygen atoms in total. The first-order chi connectivity index (χ1) is 8.94. The first-order valence-electron chi connectivity index (χ1n) is 6.57. The molecule has 1 aromatic rings. The van der Waals surface area contributed by atoms with Gasteiger partial charge < -0.3 is 11.1 Å². The number of nitrogens with one attached hydrogen (secondary N) is 1. The Hall–Kier alpha value is -1.43. The second-order valence-corrected chi connectivity index (χ2v) is 5.91. The van der Waals surface area contributed by atoms with Crippen LogP contribution >= 0.6 is 12.2 Å². The number of carbonyl (C=O) groups excluding carboxylic acids is 1. The summed E-state index contributed by atoms with van der Waals surface area (Å²) in [6.45, 7) is 2.03. The van der Waals surface area contributed by atoms with E-state index in [1.807, 2.05) is 6.92 Å². The lowest BCUT2D eigenvalue weighted by Gasteiger charge is -2.32. The summed E-state index contributed by atoms with van der Waals surface area (Å²) < 4.78 is 1.60. The minimum Gasteiger partial charge on any atom is -0.389 e. The number of aromatic nitrogens is 2. The fourth-order valence-electron chi connectivity index (χ4n) is 2.58. The maximum atomic E-state index is 12.5. The number of nitrogens with two attached hydrogens (primary N) is 1. The Balaban J connectivity index is 2.19. The van der Waals surface area contributed by atoms with Gasteiger partial charge in [-0.3, -0.25) is 9.48 Å². The van der Waals surface area contributed by atoms with Crippen molar-refractivity contribution in [1.82, 2.24) is 9.78 Å². The van der Waals surface area contributed by atoms with E-state index in [4.69, 9.17) is 18.0 Å². The van der Waals surface area contributed by atoms with E-state index in [9.17, 15) is 4.79 Å². The molecule has 19 heavy (non-hydrogen) atoms. The largest absolute Gasteiger partial charge is 0.389 e. The van der Waals surface area contributed by atoms with Crippen molar-refractivity contribution in [3.63, 3.8) is 0 Å². The van der Waals surface area contributed by atoms with Crippen LogP contribution in [0.1, 0.15) is 44.6 Å². The minimum absolute atomic E-state index is 0.0355. The Morgan fingerprint density at radius 3 is 2.68 bits per heavy atom. The predicted molar refractivity (Wildman–Crippen MR) is 78.9 cm³/mol. The number of thiocarbonyl (C=S) groups is 1. The van der Waals surface area contributed by atoms with E-state index < -0.39 is 0 Å². The highest BCUT2D eigenvalue weighted by atomic mass is 32.1. The lowest BCUT2D eigenvalue weighted by atomic mass is 9.75. The Morgan fingerprint density at radius 1 is 1.47 bits per heavy atom. The second kappa shape index (κ2) is 5.28. The van der Waals surface area contributed by atoms with Gasteiger partial charge in [-0.25, -0.2) is 0 Å². The summed E-state index contributed by atoms with van der Waals surface area (Å²) in [5, 5.41) is 7.04. The smallest absolute Gasteiger partial charge is 0.231 e. The Labute approximate surface area is 118 Å². The number of hydrogen-bond donors (Lipinski definition) is 2. The molecule has 1 amide bonds. The number of carbonyl (C=O) groups is 1. The second-order valence-electron chi connectivity index (χ2n) is 5.47. The van der Waals surface area contributed by atoms with Crippen LogP contribution in [0.5, 0.6) is 0 Å². The highest BCUT2D eigenvalue weighted by Gasteiger charge is 2.35. The van der Waals surface area contributed by atoms with Gasteiger partial charge in [0.2, 0.25) is 5.91 Å². The lowest BCUT2D eigenvalue weighted by molar-refractivity contribution is -0.126. The van der Waals surface area contributed by atoms with Crippen LogP contribution in [-0.4, -0.2) is 20.7 Å². The number of amides is 1. The number of hydrogen-bond acceptors (Lipinski definition) is 3. The van der Waals surface area contributed by atoms with Crippen molar-refractivity contribution < 1.29 is 4.79 Å². The van der Waals surface area contributed by atoms with Crippen molar-refractivity contribution in [1.29, 1.82) is 0 Å². The zero-order chi connectivity index (χ0) is 14.0. The van der Waals surface area contributed by atoms with Gasteiger partial charge in [0.15, 0.2) is 0 Å². The van der Waals surface area contributed by atoms with E-state index in [-0.39, 0.29) is 16.3 Å². The van der Waals surface area contributed by atoms with Gasteiger partial charge in [0.25, 0.3) is 0 Å². The molecule has 104 valence electrons. The van der Waals surface area contributed by atoms with E-state index in [0.29, 0.717) is 11.4 Å². The van der Waals surface area contributed by atoms with Crippen LogP contribution in [0.3, 0.4) is 0 Å². The van der Waals surface area contributed by atoms with Crippen LogP contribution in [0.25, 0.3) is 0 Å². The third kappa shape index (κ3) is 2.78. The van der Waals surface area contributed by atoms with Gasteiger partial charge in [-0.1, -0.05) is 38.4 Å².